The normalized spacial score (nSPS) is 10.6. The van der Waals surface area contributed by atoms with Gasteiger partial charge in [0.15, 0.2) is 0 Å². The molecule has 1 aromatic rings. The predicted octanol–water partition coefficient (Wildman–Crippen LogP) is 0.634. The fourth-order valence-electron chi connectivity index (χ4n) is 0.567. The second kappa shape index (κ2) is 3.36. The molecule has 0 radical (unpaired) electrons. The average Bonchev–Trinajstić information content (AvgIpc) is 1.90. The van der Waals surface area contributed by atoms with Gasteiger partial charge in [-0.2, -0.15) is 0 Å². The van der Waals surface area contributed by atoms with Crippen LogP contribution in [0.3, 0.4) is 0 Å². The van der Waals surface area contributed by atoms with Gasteiger partial charge in [0.1, 0.15) is 0 Å². The van der Waals surface area contributed by atoms with Crippen LogP contribution in [-0.4, -0.2) is 20.0 Å². The first-order chi connectivity index (χ1) is 3.93. The molecule has 0 aliphatic carbocycles. The van der Waals surface area contributed by atoms with Gasteiger partial charge >= 0.3 is 62.8 Å². The Balaban J connectivity index is 2.83. The van der Waals surface area contributed by atoms with Crippen LogP contribution in [0.2, 0.25) is 0 Å². The van der Waals surface area contributed by atoms with Crippen LogP contribution in [-0.2, 0) is 0 Å². The molecule has 0 aliphatic heterocycles. The Morgan fingerprint density at radius 2 is 1.75 bits per heavy atom. The van der Waals surface area contributed by atoms with Crippen molar-refractivity contribution in [2.45, 2.75) is 0 Å². The molecule has 0 amide bonds. The molecule has 0 nitrogen and oxygen atoms in total. The molecule has 0 unspecified atom stereocenters. The Kier molecular flexibility index (Phi) is 2.70. The topological polar surface area (TPSA) is 0 Å². The van der Waals surface area contributed by atoms with Gasteiger partial charge in [-0.25, -0.2) is 0 Å². The van der Waals surface area contributed by atoms with Gasteiger partial charge in [0, 0.05) is 0 Å². The second-order valence-corrected chi connectivity index (χ2v) is 6.51. The molecular formula is C6H7ClSn. The van der Waals surface area contributed by atoms with Crippen LogP contribution in [0, 0.1) is 0 Å². The number of hydrogen-bond acceptors (Lipinski definition) is 0. The average molecular weight is 233 g/mol. The fraction of sp³-hybridized carbons (Fsp3) is 0. The predicted molar refractivity (Wildman–Crippen MR) is 40.5 cm³/mol. The molecule has 0 heterocycles. The maximum absolute atomic E-state index is 5.74. The Bertz CT molecular complexity index is 150. The summed E-state index contributed by atoms with van der Waals surface area (Å²) in [4.78, 5) is 0. The van der Waals surface area contributed by atoms with E-state index in [9.17, 15) is 0 Å². The van der Waals surface area contributed by atoms with E-state index < -0.39 is 20.0 Å². The number of rotatable bonds is 1. The standard InChI is InChI=1S/C6H5.ClH.Sn.2H/c1-2-4-6-5-3-1;;;;/h1-5H;1H;;;/q;;+1;;/p-1. The van der Waals surface area contributed by atoms with Crippen molar-refractivity contribution in [2.24, 2.45) is 0 Å². The molecule has 0 aliphatic rings. The van der Waals surface area contributed by atoms with E-state index in [-0.39, 0.29) is 0 Å². The summed E-state index contributed by atoms with van der Waals surface area (Å²) >= 11 is -0.973. The molecule has 0 N–H and O–H groups in total. The molecule has 1 aromatic carbocycles. The van der Waals surface area contributed by atoms with Crippen molar-refractivity contribution in [3.05, 3.63) is 30.3 Å². The van der Waals surface area contributed by atoms with E-state index in [0.717, 1.165) is 0 Å². The van der Waals surface area contributed by atoms with Gasteiger partial charge in [0.25, 0.3) is 0 Å². The van der Waals surface area contributed by atoms with Crippen LogP contribution in [0.15, 0.2) is 30.3 Å². The van der Waals surface area contributed by atoms with Crippen molar-refractivity contribution in [1.82, 2.24) is 0 Å². The Morgan fingerprint density at radius 3 is 2.12 bits per heavy atom. The summed E-state index contributed by atoms with van der Waals surface area (Å²) in [6.07, 6.45) is 0. The van der Waals surface area contributed by atoms with Crippen molar-refractivity contribution < 1.29 is 0 Å². The molecule has 0 atom stereocenters. The first-order valence-electron chi connectivity index (χ1n) is 2.53. The molecule has 8 heavy (non-hydrogen) atoms. The summed E-state index contributed by atoms with van der Waals surface area (Å²) in [5.41, 5.74) is 0. The van der Waals surface area contributed by atoms with Crippen LogP contribution < -0.4 is 3.58 Å². The van der Waals surface area contributed by atoms with E-state index >= 15 is 0 Å². The zero-order chi connectivity index (χ0) is 5.82. The van der Waals surface area contributed by atoms with Crippen molar-refractivity contribution in [1.29, 1.82) is 0 Å². The molecule has 1 rings (SSSR count). The quantitative estimate of drug-likeness (QED) is 0.624. The van der Waals surface area contributed by atoms with Crippen molar-refractivity contribution in [3.63, 3.8) is 0 Å². The van der Waals surface area contributed by atoms with E-state index in [4.69, 9.17) is 8.92 Å². The Labute approximate surface area is 62.8 Å². The summed E-state index contributed by atoms with van der Waals surface area (Å²) in [5.74, 6) is 0. The van der Waals surface area contributed by atoms with Gasteiger partial charge in [0.2, 0.25) is 0 Å². The van der Waals surface area contributed by atoms with Gasteiger partial charge in [-0.1, -0.05) is 0 Å². The van der Waals surface area contributed by atoms with Crippen LogP contribution in [0.5, 0.6) is 0 Å². The molecule has 2 heteroatoms. The monoisotopic (exact) mass is 234 g/mol. The van der Waals surface area contributed by atoms with Crippen molar-refractivity contribution in [3.8, 4) is 0 Å². The minimum atomic E-state index is -0.973. The molecular weight excluding hydrogens is 226 g/mol. The molecule has 0 fully saturated rings. The van der Waals surface area contributed by atoms with Gasteiger partial charge in [-0.15, -0.1) is 0 Å². The zero-order valence-electron chi connectivity index (χ0n) is 4.47. The van der Waals surface area contributed by atoms with E-state index in [1.807, 2.05) is 18.2 Å². The van der Waals surface area contributed by atoms with Crippen LogP contribution >= 0.6 is 8.92 Å². The van der Waals surface area contributed by atoms with E-state index in [1.54, 1.807) is 0 Å². The summed E-state index contributed by atoms with van der Waals surface area (Å²) in [6.45, 7) is 0. The van der Waals surface area contributed by atoms with E-state index in [1.165, 1.54) is 3.58 Å². The third kappa shape index (κ3) is 1.67. The minimum absolute atomic E-state index is 0.973. The van der Waals surface area contributed by atoms with Gasteiger partial charge < -0.3 is 0 Å². The second-order valence-electron chi connectivity index (χ2n) is 1.62. The molecule has 0 saturated heterocycles. The molecule has 0 bridgehead atoms. The van der Waals surface area contributed by atoms with Crippen molar-refractivity contribution in [2.75, 3.05) is 0 Å². The number of halogens is 1. The van der Waals surface area contributed by atoms with E-state index in [0.29, 0.717) is 0 Å². The van der Waals surface area contributed by atoms with Crippen LogP contribution in [0.4, 0.5) is 0 Å². The SMILES string of the molecule is [Cl][SnH2][c]1ccccc1. The van der Waals surface area contributed by atoms with Gasteiger partial charge in [0.05, 0.1) is 0 Å². The van der Waals surface area contributed by atoms with E-state index in [2.05, 4.69) is 12.1 Å². The number of benzene rings is 1. The first kappa shape index (κ1) is 6.43. The first-order valence-corrected chi connectivity index (χ1v) is 9.66. The van der Waals surface area contributed by atoms with Crippen LogP contribution in [0.25, 0.3) is 0 Å². The third-order valence-electron chi connectivity index (χ3n) is 0.997. The van der Waals surface area contributed by atoms with Crippen LogP contribution in [0.1, 0.15) is 0 Å². The molecule has 0 aromatic heterocycles. The molecule has 0 spiro atoms. The van der Waals surface area contributed by atoms with Gasteiger partial charge in [-0.05, 0) is 0 Å². The number of hydrogen-bond donors (Lipinski definition) is 0. The summed E-state index contributed by atoms with van der Waals surface area (Å²) in [6, 6.07) is 10.3. The Morgan fingerprint density at radius 1 is 1.12 bits per heavy atom. The fourth-order valence-corrected chi connectivity index (χ4v) is 3.05. The van der Waals surface area contributed by atoms with Gasteiger partial charge in [-0.3, -0.25) is 0 Å². The summed E-state index contributed by atoms with van der Waals surface area (Å²) in [5, 5.41) is 0. The Hall–Kier alpha value is 0.309. The summed E-state index contributed by atoms with van der Waals surface area (Å²) < 4.78 is 1.39. The molecule has 42 valence electrons. The molecule has 0 saturated carbocycles. The maximum atomic E-state index is 5.74. The summed E-state index contributed by atoms with van der Waals surface area (Å²) in [7, 11) is 5.74. The van der Waals surface area contributed by atoms with Crippen molar-refractivity contribution >= 4 is 32.5 Å². The third-order valence-corrected chi connectivity index (χ3v) is 5.29. The zero-order valence-corrected chi connectivity index (χ0v) is 9.26.